The number of rotatable bonds is 3. The van der Waals surface area contributed by atoms with E-state index in [1.165, 1.54) is 13.8 Å². The molecule has 0 atom stereocenters. The molecule has 0 radical (unpaired) electrons. The number of urea groups is 1. The molecule has 11 nitrogen and oxygen atoms in total. The summed E-state index contributed by atoms with van der Waals surface area (Å²) in [5, 5.41) is 19.1. The molecule has 36 heavy (non-hydrogen) atoms. The highest BCUT2D eigenvalue weighted by Crippen LogP contribution is 2.37. The Labute approximate surface area is 208 Å². The standard InChI is InChI=1S/C25H26N8O3/c1-25(2,36)23(34)32-8-6-17(7-9-32)33-22-16(14-31(3)24(33)35)13-27-19-5-4-18(30-21(19)22)15-11-28-20(10-26)29-12-15/h4-5,11-13,17,36H,6-9,14H2,1-3H3. The van der Waals surface area contributed by atoms with Crippen LogP contribution in [-0.2, 0) is 11.3 Å². The van der Waals surface area contributed by atoms with Gasteiger partial charge < -0.3 is 14.9 Å². The van der Waals surface area contributed by atoms with Crippen LogP contribution in [0, 0.1) is 11.3 Å². The molecule has 5 rings (SSSR count). The van der Waals surface area contributed by atoms with Crippen molar-refractivity contribution in [2.24, 2.45) is 0 Å². The fraction of sp³-hybridized carbons (Fsp3) is 0.400. The van der Waals surface area contributed by atoms with Gasteiger partial charge in [-0.3, -0.25) is 14.7 Å². The van der Waals surface area contributed by atoms with Crippen molar-refractivity contribution < 1.29 is 14.7 Å². The van der Waals surface area contributed by atoms with Gasteiger partial charge in [-0.2, -0.15) is 5.26 Å². The third-order valence-electron chi connectivity index (χ3n) is 6.63. The molecule has 184 valence electrons. The van der Waals surface area contributed by atoms with Crippen LogP contribution in [0.1, 0.15) is 38.1 Å². The summed E-state index contributed by atoms with van der Waals surface area (Å²) in [6.07, 6.45) is 6.04. The number of piperidine rings is 1. The van der Waals surface area contributed by atoms with Gasteiger partial charge in [0.15, 0.2) is 0 Å². The predicted molar refractivity (Wildman–Crippen MR) is 131 cm³/mol. The number of pyridine rings is 2. The number of hydrogen-bond acceptors (Lipinski definition) is 8. The fourth-order valence-electron chi connectivity index (χ4n) is 4.81. The largest absolute Gasteiger partial charge is 0.381 e. The van der Waals surface area contributed by atoms with Crippen LogP contribution in [0.25, 0.3) is 22.3 Å². The van der Waals surface area contributed by atoms with Crippen LogP contribution in [0.5, 0.6) is 0 Å². The summed E-state index contributed by atoms with van der Waals surface area (Å²) in [5.74, 6) is -0.234. The van der Waals surface area contributed by atoms with Gasteiger partial charge in [0.25, 0.3) is 5.91 Å². The Morgan fingerprint density at radius 2 is 1.83 bits per heavy atom. The maximum Gasteiger partial charge on any atom is 0.324 e. The molecule has 0 saturated carbocycles. The van der Waals surface area contributed by atoms with E-state index in [1.807, 2.05) is 18.2 Å². The predicted octanol–water partition coefficient (Wildman–Crippen LogP) is 2.09. The first-order valence-corrected chi connectivity index (χ1v) is 11.7. The zero-order valence-corrected chi connectivity index (χ0v) is 20.3. The Morgan fingerprint density at radius 3 is 2.47 bits per heavy atom. The number of amides is 3. The lowest BCUT2D eigenvalue weighted by molar-refractivity contribution is -0.148. The van der Waals surface area contributed by atoms with Crippen molar-refractivity contribution in [2.45, 2.75) is 44.9 Å². The number of nitriles is 1. The minimum absolute atomic E-state index is 0.0767. The number of likely N-dealkylation sites (tertiary alicyclic amines) is 1. The van der Waals surface area contributed by atoms with Crippen LogP contribution < -0.4 is 4.90 Å². The first-order valence-electron chi connectivity index (χ1n) is 11.7. The highest BCUT2D eigenvalue weighted by Gasteiger charge is 2.39. The molecule has 5 heterocycles. The molecular formula is C25H26N8O3. The molecule has 0 bridgehead atoms. The van der Waals surface area contributed by atoms with Gasteiger partial charge in [0.1, 0.15) is 17.2 Å². The lowest BCUT2D eigenvalue weighted by atomic mass is 9.98. The minimum atomic E-state index is -1.43. The summed E-state index contributed by atoms with van der Waals surface area (Å²) in [7, 11) is 1.76. The molecule has 0 aliphatic carbocycles. The summed E-state index contributed by atoms with van der Waals surface area (Å²) in [4.78, 5) is 48.6. The summed E-state index contributed by atoms with van der Waals surface area (Å²) in [6, 6.07) is 5.30. The quantitative estimate of drug-likeness (QED) is 0.594. The normalized spacial score (nSPS) is 16.8. The second-order valence-electron chi connectivity index (χ2n) is 9.69. The number of fused-ring (bicyclic) bond motifs is 3. The lowest BCUT2D eigenvalue weighted by Gasteiger charge is -2.43. The second kappa shape index (κ2) is 8.80. The second-order valence-corrected chi connectivity index (χ2v) is 9.69. The van der Waals surface area contributed by atoms with Crippen LogP contribution in [-0.4, -0.2) is 78.6 Å². The van der Waals surface area contributed by atoms with Crippen molar-refractivity contribution in [3.63, 3.8) is 0 Å². The van der Waals surface area contributed by atoms with Crippen LogP contribution in [0.15, 0.2) is 30.7 Å². The Hall–Kier alpha value is -4.17. The summed E-state index contributed by atoms with van der Waals surface area (Å²) in [5.41, 5.74) is 2.71. The van der Waals surface area contributed by atoms with Gasteiger partial charge >= 0.3 is 6.03 Å². The number of nitrogens with zero attached hydrogens (tertiary/aromatic N) is 8. The minimum Gasteiger partial charge on any atom is -0.381 e. The summed E-state index contributed by atoms with van der Waals surface area (Å²) >= 11 is 0. The molecule has 1 fully saturated rings. The monoisotopic (exact) mass is 486 g/mol. The first-order chi connectivity index (χ1) is 17.2. The highest BCUT2D eigenvalue weighted by atomic mass is 16.3. The Bertz CT molecular complexity index is 1390. The van der Waals surface area contributed by atoms with E-state index in [2.05, 4.69) is 15.0 Å². The van der Waals surface area contributed by atoms with E-state index in [4.69, 9.17) is 10.2 Å². The topological polar surface area (TPSA) is 139 Å². The van der Waals surface area contributed by atoms with Crippen molar-refractivity contribution in [3.05, 3.63) is 42.1 Å². The van der Waals surface area contributed by atoms with E-state index in [1.54, 1.807) is 40.3 Å². The van der Waals surface area contributed by atoms with E-state index >= 15 is 0 Å². The zero-order chi connectivity index (χ0) is 25.6. The molecule has 3 aromatic rings. The highest BCUT2D eigenvalue weighted by molar-refractivity contribution is 6.04. The molecule has 0 aromatic carbocycles. The Kier molecular flexibility index (Phi) is 5.76. The van der Waals surface area contributed by atoms with Gasteiger partial charge in [-0.05, 0) is 38.8 Å². The summed E-state index contributed by atoms with van der Waals surface area (Å²) < 4.78 is 0. The molecule has 0 spiro atoms. The Morgan fingerprint density at radius 1 is 1.14 bits per heavy atom. The third kappa shape index (κ3) is 4.09. The molecular weight excluding hydrogens is 460 g/mol. The average Bonchev–Trinajstić information content (AvgIpc) is 2.88. The first kappa shape index (κ1) is 23.6. The van der Waals surface area contributed by atoms with Crippen molar-refractivity contribution in [2.75, 3.05) is 25.0 Å². The number of anilines is 1. The molecule has 3 amide bonds. The molecule has 1 N–H and O–H groups in total. The maximum atomic E-state index is 13.5. The number of aromatic nitrogens is 4. The van der Waals surface area contributed by atoms with Crippen molar-refractivity contribution >= 4 is 28.7 Å². The molecule has 2 aliphatic rings. The number of carbonyl (C=O) groups is 2. The molecule has 11 heteroatoms. The zero-order valence-electron chi connectivity index (χ0n) is 20.3. The van der Waals surface area contributed by atoms with Crippen LogP contribution in [0.2, 0.25) is 0 Å². The molecule has 3 aromatic heterocycles. The fourth-order valence-corrected chi connectivity index (χ4v) is 4.81. The van der Waals surface area contributed by atoms with Crippen LogP contribution in [0.4, 0.5) is 10.5 Å². The van der Waals surface area contributed by atoms with Gasteiger partial charge in [0.05, 0.1) is 23.4 Å². The van der Waals surface area contributed by atoms with Crippen molar-refractivity contribution in [1.82, 2.24) is 29.7 Å². The molecule has 1 saturated heterocycles. The van der Waals surface area contributed by atoms with E-state index in [9.17, 15) is 14.7 Å². The summed E-state index contributed by atoms with van der Waals surface area (Å²) in [6.45, 7) is 4.28. The molecule has 0 unspecified atom stereocenters. The van der Waals surface area contributed by atoms with E-state index in [-0.39, 0.29) is 23.8 Å². The lowest BCUT2D eigenvalue weighted by Crippen LogP contribution is -2.56. The van der Waals surface area contributed by atoms with Gasteiger partial charge in [-0.1, -0.05) is 0 Å². The molecule has 2 aliphatic heterocycles. The van der Waals surface area contributed by atoms with Crippen LogP contribution >= 0.6 is 0 Å². The van der Waals surface area contributed by atoms with Crippen molar-refractivity contribution in [1.29, 1.82) is 5.26 Å². The van der Waals surface area contributed by atoms with Gasteiger partial charge in [0.2, 0.25) is 5.82 Å². The van der Waals surface area contributed by atoms with Gasteiger partial charge in [-0.15, -0.1) is 0 Å². The van der Waals surface area contributed by atoms with E-state index in [0.29, 0.717) is 54.8 Å². The smallest absolute Gasteiger partial charge is 0.324 e. The van der Waals surface area contributed by atoms with Crippen LogP contribution in [0.3, 0.4) is 0 Å². The number of carbonyl (C=O) groups excluding carboxylic acids is 2. The Balaban J connectivity index is 1.54. The average molecular weight is 487 g/mol. The van der Waals surface area contributed by atoms with E-state index < -0.39 is 5.60 Å². The maximum absolute atomic E-state index is 13.5. The van der Waals surface area contributed by atoms with Crippen molar-refractivity contribution in [3.8, 4) is 17.3 Å². The van der Waals surface area contributed by atoms with Gasteiger partial charge in [-0.25, -0.2) is 19.7 Å². The SMILES string of the molecule is CN1Cc2cnc3ccc(-c4cnc(C#N)nc4)nc3c2N(C2CCN(C(=O)C(C)(C)O)CC2)C1=O. The van der Waals surface area contributed by atoms with E-state index in [0.717, 1.165) is 11.3 Å². The third-order valence-corrected chi connectivity index (χ3v) is 6.63. The van der Waals surface area contributed by atoms with Gasteiger partial charge in [0, 0.05) is 55.9 Å². The number of hydrogen-bond donors (Lipinski definition) is 1. The number of aliphatic hydroxyl groups is 1.